The van der Waals surface area contributed by atoms with Crippen LogP contribution in [0.4, 0.5) is 24.8 Å². The first-order chi connectivity index (χ1) is 14.8. The Labute approximate surface area is 183 Å². The number of anilines is 2. The van der Waals surface area contributed by atoms with E-state index in [1.807, 2.05) is 30.3 Å². The number of nitrogens with two attached hydrogens (primary N) is 1. The SMILES string of the molecule is Nc1nc(SCC(=O)Nc2cccc(C(F)(F)F)c2)c(C=O)c(Sc2ccccc2)n1. The van der Waals surface area contributed by atoms with Crippen LogP contribution in [-0.2, 0) is 11.0 Å². The van der Waals surface area contributed by atoms with Crippen LogP contribution in [-0.4, -0.2) is 27.9 Å². The summed E-state index contributed by atoms with van der Waals surface area (Å²) in [5.74, 6) is -0.816. The second-order valence-corrected chi connectivity index (χ2v) is 8.08. The molecule has 0 aliphatic carbocycles. The Morgan fingerprint density at radius 1 is 1.06 bits per heavy atom. The van der Waals surface area contributed by atoms with Gasteiger partial charge >= 0.3 is 6.18 Å². The fourth-order valence-corrected chi connectivity index (χ4v) is 4.21. The van der Waals surface area contributed by atoms with Crippen LogP contribution in [0.3, 0.4) is 0 Å². The number of carbonyl (C=O) groups excluding carboxylic acids is 2. The molecule has 160 valence electrons. The zero-order valence-electron chi connectivity index (χ0n) is 15.7. The largest absolute Gasteiger partial charge is 0.416 e. The van der Waals surface area contributed by atoms with E-state index in [0.717, 1.165) is 28.8 Å². The molecule has 3 aromatic rings. The van der Waals surface area contributed by atoms with E-state index >= 15 is 0 Å². The van der Waals surface area contributed by atoms with Gasteiger partial charge in [-0.3, -0.25) is 9.59 Å². The lowest BCUT2D eigenvalue weighted by molar-refractivity contribution is -0.137. The molecule has 31 heavy (non-hydrogen) atoms. The van der Waals surface area contributed by atoms with Crippen LogP contribution in [0, 0.1) is 0 Å². The Balaban J connectivity index is 1.72. The van der Waals surface area contributed by atoms with Crippen molar-refractivity contribution in [2.24, 2.45) is 0 Å². The molecule has 0 saturated carbocycles. The number of thioether (sulfide) groups is 1. The molecule has 0 bridgehead atoms. The van der Waals surface area contributed by atoms with Crippen molar-refractivity contribution in [1.29, 1.82) is 0 Å². The third-order valence-electron chi connectivity index (χ3n) is 3.78. The first-order valence-electron chi connectivity index (χ1n) is 8.72. The fraction of sp³-hybridized carbons (Fsp3) is 0.100. The molecule has 0 spiro atoms. The molecule has 1 amide bonds. The molecule has 0 fully saturated rings. The average Bonchev–Trinajstić information content (AvgIpc) is 2.72. The van der Waals surface area contributed by atoms with Crippen LogP contribution in [0.15, 0.2) is 69.5 Å². The minimum atomic E-state index is -4.51. The topological polar surface area (TPSA) is 98.0 Å². The summed E-state index contributed by atoms with van der Waals surface area (Å²) in [6.45, 7) is 0. The van der Waals surface area contributed by atoms with Crippen molar-refractivity contribution in [2.75, 3.05) is 16.8 Å². The molecular weight excluding hydrogens is 449 g/mol. The van der Waals surface area contributed by atoms with Crippen LogP contribution in [0.5, 0.6) is 0 Å². The normalized spacial score (nSPS) is 11.2. The van der Waals surface area contributed by atoms with Crippen molar-refractivity contribution in [3.05, 3.63) is 65.7 Å². The van der Waals surface area contributed by atoms with E-state index < -0.39 is 17.6 Å². The van der Waals surface area contributed by atoms with Gasteiger partial charge in [-0.2, -0.15) is 13.2 Å². The van der Waals surface area contributed by atoms with Crippen LogP contribution >= 0.6 is 23.5 Å². The van der Waals surface area contributed by atoms with Gasteiger partial charge in [-0.25, -0.2) is 9.97 Å². The second kappa shape index (κ2) is 9.84. The number of nitrogen functional groups attached to an aromatic ring is 1. The standard InChI is InChI=1S/C20H15F3N4O2S2/c21-20(22,23)12-5-4-6-13(9-12)25-16(29)11-30-17-15(10-28)18(27-19(24)26-17)31-14-7-2-1-3-8-14/h1-10H,11H2,(H,25,29)(H2,24,26,27). The maximum absolute atomic E-state index is 12.8. The number of nitrogens with one attached hydrogen (secondary N) is 1. The molecule has 3 N–H and O–H groups in total. The summed E-state index contributed by atoms with van der Waals surface area (Å²) in [6, 6.07) is 13.5. The highest BCUT2D eigenvalue weighted by molar-refractivity contribution is 8.00. The molecule has 3 rings (SSSR count). The highest BCUT2D eigenvalue weighted by Gasteiger charge is 2.30. The molecule has 0 saturated heterocycles. The number of alkyl halides is 3. The number of hydrogen-bond donors (Lipinski definition) is 2. The summed E-state index contributed by atoms with van der Waals surface area (Å²) in [6.07, 6.45) is -3.93. The number of benzene rings is 2. The van der Waals surface area contributed by atoms with Gasteiger partial charge in [0.05, 0.1) is 16.9 Å². The minimum absolute atomic E-state index is 0.0126. The van der Waals surface area contributed by atoms with Crippen LogP contribution < -0.4 is 11.1 Å². The number of carbonyl (C=O) groups is 2. The van der Waals surface area contributed by atoms with E-state index in [-0.39, 0.29) is 28.0 Å². The zero-order chi connectivity index (χ0) is 22.4. The van der Waals surface area contributed by atoms with Crippen molar-refractivity contribution in [1.82, 2.24) is 9.97 Å². The molecule has 0 aliphatic heterocycles. The van der Waals surface area contributed by atoms with E-state index in [9.17, 15) is 22.8 Å². The molecule has 6 nitrogen and oxygen atoms in total. The minimum Gasteiger partial charge on any atom is -0.368 e. The van der Waals surface area contributed by atoms with Gasteiger partial charge < -0.3 is 11.1 Å². The molecule has 0 atom stereocenters. The Kier molecular flexibility index (Phi) is 7.18. The Hall–Kier alpha value is -3.05. The number of rotatable bonds is 7. The first-order valence-corrected chi connectivity index (χ1v) is 10.5. The molecule has 1 heterocycles. The summed E-state index contributed by atoms with van der Waals surface area (Å²) >= 11 is 2.16. The second-order valence-electron chi connectivity index (χ2n) is 6.05. The molecular formula is C20H15F3N4O2S2. The van der Waals surface area contributed by atoms with Crippen molar-refractivity contribution in [3.63, 3.8) is 0 Å². The van der Waals surface area contributed by atoms with Gasteiger partial charge in [0.1, 0.15) is 10.1 Å². The number of hydrogen-bond acceptors (Lipinski definition) is 7. The number of aldehydes is 1. The van der Waals surface area contributed by atoms with Crippen molar-refractivity contribution in [2.45, 2.75) is 21.1 Å². The molecule has 2 aromatic carbocycles. The van der Waals surface area contributed by atoms with E-state index in [2.05, 4.69) is 15.3 Å². The zero-order valence-corrected chi connectivity index (χ0v) is 17.4. The highest BCUT2D eigenvalue weighted by atomic mass is 32.2. The molecule has 1 aromatic heterocycles. The van der Waals surface area contributed by atoms with E-state index in [1.165, 1.54) is 23.9 Å². The predicted molar refractivity (Wildman–Crippen MR) is 113 cm³/mol. The molecule has 0 radical (unpaired) electrons. The number of nitrogens with zero attached hydrogens (tertiary/aromatic N) is 2. The monoisotopic (exact) mass is 464 g/mol. The van der Waals surface area contributed by atoms with Gasteiger partial charge in [-0.1, -0.05) is 47.8 Å². The summed E-state index contributed by atoms with van der Waals surface area (Å²) < 4.78 is 38.4. The lowest BCUT2D eigenvalue weighted by Gasteiger charge is -2.11. The number of halogens is 3. The Bertz CT molecular complexity index is 1100. The number of aromatic nitrogens is 2. The summed E-state index contributed by atoms with van der Waals surface area (Å²) in [7, 11) is 0. The quantitative estimate of drug-likeness (QED) is 0.295. The van der Waals surface area contributed by atoms with Crippen LogP contribution in [0.1, 0.15) is 15.9 Å². The smallest absolute Gasteiger partial charge is 0.368 e. The van der Waals surface area contributed by atoms with Crippen molar-refractivity contribution >= 4 is 47.4 Å². The predicted octanol–water partition coefficient (Wildman–Crippen LogP) is 4.77. The van der Waals surface area contributed by atoms with Crippen LogP contribution in [0.2, 0.25) is 0 Å². The van der Waals surface area contributed by atoms with E-state index in [4.69, 9.17) is 5.73 Å². The highest BCUT2D eigenvalue weighted by Crippen LogP contribution is 2.33. The van der Waals surface area contributed by atoms with Crippen molar-refractivity contribution in [3.8, 4) is 0 Å². The van der Waals surface area contributed by atoms with Gasteiger partial charge in [-0.05, 0) is 30.3 Å². The summed E-state index contributed by atoms with van der Waals surface area (Å²) in [5, 5.41) is 2.95. The average molecular weight is 464 g/mol. The Morgan fingerprint density at radius 3 is 2.45 bits per heavy atom. The lowest BCUT2D eigenvalue weighted by atomic mass is 10.2. The van der Waals surface area contributed by atoms with E-state index in [0.29, 0.717) is 11.3 Å². The third-order valence-corrected chi connectivity index (χ3v) is 5.79. The van der Waals surface area contributed by atoms with E-state index in [1.54, 1.807) is 0 Å². The number of amides is 1. The molecule has 0 aliphatic rings. The summed E-state index contributed by atoms with van der Waals surface area (Å²) in [4.78, 5) is 32.9. The third kappa shape index (κ3) is 6.22. The summed E-state index contributed by atoms with van der Waals surface area (Å²) in [5.41, 5.74) is 5.08. The van der Waals surface area contributed by atoms with Gasteiger partial charge in [0.15, 0.2) is 6.29 Å². The fourth-order valence-electron chi connectivity index (χ4n) is 2.44. The first kappa shape index (κ1) is 22.6. The van der Waals surface area contributed by atoms with Gasteiger partial charge in [0, 0.05) is 10.6 Å². The lowest BCUT2D eigenvalue weighted by Crippen LogP contribution is -2.15. The van der Waals surface area contributed by atoms with Crippen LogP contribution in [0.25, 0.3) is 0 Å². The molecule has 11 heteroatoms. The maximum atomic E-state index is 12.8. The Morgan fingerprint density at radius 2 is 1.77 bits per heavy atom. The van der Waals surface area contributed by atoms with Gasteiger partial charge in [0.25, 0.3) is 0 Å². The van der Waals surface area contributed by atoms with Crippen molar-refractivity contribution < 1.29 is 22.8 Å². The maximum Gasteiger partial charge on any atom is 0.416 e. The van der Waals surface area contributed by atoms with Gasteiger partial charge in [-0.15, -0.1) is 0 Å². The molecule has 0 unspecified atom stereocenters. The van der Waals surface area contributed by atoms with Gasteiger partial charge in [0.2, 0.25) is 11.9 Å².